The van der Waals surface area contributed by atoms with E-state index in [1.165, 1.54) is 12.8 Å². The first-order valence-corrected chi connectivity index (χ1v) is 5.44. The number of halogens is 1. The van der Waals surface area contributed by atoms with E-state index in [4.69, 9.17) is 11.6 Å². The van der Waals surface area contributed by atoms with Gasteiger partial charge in [0.1, 0.15) is 0 Å². The minimum Gasteiger partial charge on any atom is -0.370 e. The van der Waals surface area contributed by atoms with E-state index in [9.17, 15) is 4.79 Å². The van der Waals surface area contributed by atoms with Crippen molar-refractivity contribution in [3.8, 4) is 0 Å². The van der Waals surface area contributed by atoms with E-state index in [2.05, 4.69) is 10.2 Å². The molecule has 1 saturated heterocycles. The highest BCUT2D eigenvalue weighted by Crippen LogP contribution is 2.30. The van der Waals surface area contributed by atoms with Gasteiger partial charge in [0.15, 0.2) is 0 Å². The number of nitrogens with one attached hydrogen (secondary N) is 1. The lowest BCUT2D eigenvalue weighted by molar-refractivity contribution is -0.105. The maximum Gasteiger partial charge on any atom is 0.211 e. The first kappa shape index (κ1) is 10.3. The van der Waals surface area contributed by atoms with Crippen LogP contribution in [0.5, 0.6) is 0 Å². The second-order valence-electron chi connectivity index (χ2n) is 3.62. The molecule has 1 aliphatic rings. The Labute approximate surface area is 94.0 Å². The molecule has 1 fully saturated rings. The average molecular weight is 225 g/mol. The summed E-state index contributed by atoms with van der Waals surface area (Å²) in [6, 6.07) is 5.59. The molecule has 1 aromatic rings. The molecule has 0 radical (unpaired) electrons. The molecule has 1 aliphatic heterocycles. The molecule has 0 unspecified atom stereocenters. The lowest BCUT2D eigenvalue weighted by Crippen LogP contribution is -2.19. The quantitative estimate of drug-likeness (QED) is 0.801. The van der Waals surface area contributed by atoms with Gasteiger partial charge in [-0.05, 0) is 31.0 Å². The molecule has 0 spiro atoms. The SMILES string of the molecule is O=CNc1cc(Cl)ccc1N1CCCC1. The summed E-state index contributed by atoms with van der Waals surface area (Å²) in [5, 5.41) is 3.33. The Morgan fingerprint density at radius 1 is 1.33 bits per heavy atom. The van der Waals surface area contributed by atoms with Crippen LogP contribution in [0.3, 0.4) is 0 Å². The summed E-state index contributed by atoms with van der Waals surface area (Å²) in [4.78, 5) is 12.7. The van der Waals surface area contributed by atoms with Crippen molar-refractivity contribution in [1.82, 2.24) is 0 Å². The molecule has 1 amide bonds. The molecule has 80 valence electrons. The van der Waals surface area contributed by atoms with Crippen LogP contribution in [-0.2, 0) is 4.79 Å². The maximum atomic E-state index is 10.5. The predicted molar refractivity (Wildman–Crippen MR) is 62.6 cm³/mol. The number of rotatable bonds is 3. The van der Waals surface area contributed by atoms with Crippen molar-refractivity contribution >= 4 is 29.4 Å². The fourth-order valence-corrected chi connectivity index (χ4v) is 2.09. The molecule has 0 aromatic heterocycles. The summed E-state index contributed by atoms with van der Waals surface area (Å²) < 4.78 is 0. The molecule has 0 aliphatic carbocycles. The number of benzene rings is 1. The average Bonchev–Trinajstić information content (AvgIpc) is 2.71. The van der Waals surface area contributed by atoms with E-state index in [1.54, 1.807) is 6.07 Å². The first-order valence-electron chi connectivity index (χ1n) is 5.06. The number of nitrogens with zero attached hydrogens (tertiary/aromatic N) is 1. The largest absolute Gasteiger partial charge is 0.370 e. The van der Waals surface area contributed by atoms with Gasteiger partial charge in [-0.15, -0.1) is 0 Å². The number of hydrogen-bond donors (Lipinski definition) is 1. The lowest BCUT2D eigenvalue weighted by atomic mass is 10.2. The Hall–Kier alpha value is -1.22. The van der Waals surface area contributed by atoms with Crippen molar-refractivity contribution in [3.63, 3.8) is 0 Å². The van der Waals surface area contributed by atoms with Crippen LogP contribution in [0.4, 0.5) is 11.4 Å². The van der Waals surface area contributed by atoms with Gasteiger partial charge in [-0.1, -0.05) is 11.6 Å². The smallest absolute Gasteiger partial charge is 0.211 e. The van der Waals surface area contributed by atoms with Crippen LogP contribution < -0.4 is 10.2 Å². The fraction of sp³-hybridized carbons (Fsp3) is 0.364. The van der Waals surface area contributed by atoms with Gasteiger partial charge in [0, 0.05) is 18.1 Å². The molecule has 3 nitrogen and oxygen atoms in total. The molecule has 15 heavy (non-hydrogen) atoms. The fourth-order valence-electron chi connectivity index (χ4n) is 1.92. The van der Waals surface area contributed by atoms with Gasteiger partial charge in [-0.3, -0.25) is 4.79 Å². The molecule has 0 atom stereocenters. The van der Waals surface area contributed by atoms with E-state index in [0.29, 0.717) is 11.4 Å². The van der Waals surface area contributed by atoms with Crippen molar-refractivity contribution in [2.75, 3.05) is 23.3 Å². The van der Waals surface area contributed by atoms with Crippen molar-refractivity contribution < 1.29 is 4.79 Å². The summed E-state index contributed by atoms with van der Waals surface area (Å²) >= 11 is 5.88. The zero-order chi connectivity index (χ0) is 10.7. The van der Waals surface area contributed by atoms with Crippen LogP contribution in [0.2, 0.25) is 5.02 Å². The van der Waals surface area contributed by atoms with E-state index in [0.717, 1.165) is 24.5 Å². The van der Waals surface area contributed by atoms with Crippen molar-refractivity contribution in [1.29, 1.82) is 0 Å². The number of anilines is 2. The number of hydrogen-bond acceptors (Lipinski definition) is 2. The van der Waals surface area contributed by atoms with Crippen LogP contribution in [0.15, 0.2) is 18.2 Å². The summed E-state index contributed by atoms with van der Waals surface area (Å²) in [7, 11) is 0. The second kappa shape index (κ2) is 4.53. The third kappa shape index (κ3) is 2.23. The summed E-state index contributed by atoms with van der Waals surface area (Å²) in [6.07, 6.45) is 3.11. The third-order valence-corrected chi connectivity index (χ3v) is 2.85. The first-order chi connectivity index (χ1) is 7.31. The van der Waals surface area contributed by atoms with Gasteiger partial charge in [0.25, 0.3) is 0 Å². The highest BCUT2D eigenvalue weighted by Gasteiger charge is 2.15. The number of carbonyl (C=O) groups excluding carboxylic acids is 1. The zero-order valence-electron chi connectivity index (χ0n) is 8.37. The molecule has 1 aromatic carbocycles. The third-order valence-electron chi connectivity index (χ3n) is 2.62. The van der Waals surface area contributed by atoms with Crippen LogP contribution >= 0.6 is 11.6 Å². The van der Waals surface area contributed by atoms with Crippen molar-refractivity contribution in [3.05, 3.63) is 23.2 Å². The summed E-state index contributed by atoms with van der Waals surface area (Å²) in [6.45, 7) is 2.10. The van der Waals surface area contributed by atoms with Crippen LogP contribution in [0.25, 0.3) is 0 Å². The standard InChI is InChI=1S/C11H13ClN2O/c12-9-3-4-11(10(7-9)13-8-15)14-5-1-2-6-14/h3-4,7-8H,1-2,5-6H2,(H,13,15). The Bertz CT molecular complexity index is 362. The maximum absolute atomic E-state index is 10.5. The highest BCUT2D eigenvalue weighted by molar-refractivity contribution is 6.31. The highest BCUT2D eigenvalue weighted by atomic mass is 35.5. The molecule has 1 heterocycles. The monoisotopic (exact) mass is 224 g/mol. The second-order valence-corrected chi connectivity index (χ2v) is 4.05. The summed E-state index contributed by atoms with van der Waals surface area (Å²) in [5.74, 6) is 0. The molecular formula is C11H13ClN2O. The van der Waals surface area contributed by atoms with Gasteiger partial charge in [-0.25, -0.2) is 0 Å². The minimum absolute atomic E-state index is 0.641. The molecule has 2 rings (SSSR count). The van der Waals surface area contributed by atoms with Gasteiger partial charge in [-0.2, -0.15) is 0 Å². The Balaban J connectivity index is 2.31. The molecule has 1 N–H and O–H groups in total. The molecule has 0 bridgehead atoms. The Morgan fingerprint density at radius 3 is 2.73 bits per heavy atom. The van der Waals surface area contributed by atoms with Crippen LogP contribution in [0.1, 0.15) is 12.8 Å². The lowest BCUT2D eigenvalue weighted by Gasteiger charge is -2.20. The van der Waals surface area contributed by atoms with Gasteiger partial charge in [0.05, 0.1) is 11.4 Å². The number of amides is 1. The van der Waals surface area contributed by atoms with Crippen molar-refractivity contribution in [2.45, 2.75) is 12.8 Å². The van der Waals surface area contributed by atoms with Gasteiger partial charge >= 0.3 is 0 Å². The van der Waals surface area contributed by atoms with E-state index in [1.807, 2.05) is 12.1 Å². The minimum atomic E-state index is 0.641. The van der Waals surface area contributed by atoms with Crippen LogP contribution in [-0.4, -0.2) is 19.5 Å². The van der Waals surface area contributed by atoms with Crippen molar-refractivity contribution in [2.24, 2.45) is 0 Å². The van der Waals surface area contributed by atoms with Gasteiger partial charge in [0.2, 0.25) is 6.41 Å². The van der Waals surface area contributed by atoms with E-state index < -0.39 is 0 Å². The summed E-state index contributed by atoms with van der Waals surface area (Å²) in [5.41, 5.74) is 1.85. The molecule has 4 heteroatoms. The topological polar surface area (TPSA) is 32.3 Å². The van der Waals surface area contributed by atoms with Crippen LogP contribution in [0, 0.1) is 0 Å². The Kier molecular flexibility index (Phi) is 3.11. The normalized spacial score (nSPS) is 15.4. The number of carbonyl (C=O) groups is 1. The molecule has 0 saturated carbocycles. The van der Waals surface area contributed by atoms with E-state index >= 15 is 0 Å². The molecular weight excluding hydrogens is 212 g/mol. The predicted octanol–water partition coefficient (Wildman–Crippen LogP) is 2.51. The van der Waals surface area contributed by atoms with E-state index in [-0.39, 0.29) is 0 Å². The Morgan fingerprint density at radius 2 is 2.07 bits per heavy atom. The zero-order valence-corrected chi connectivity index (χ0v) is 9.13. The van der Waals surface area contributed by atoms with Gasteiger partial charge < -0.3 is 10.2 Å².